The van der Waals surface area contributed by atoms with E-state index >= 15 is 0 Å². The molecule has 13 N–H and O–H groups in total. The Hall–Kier alpha value is -7.59. The largest absolute Gasteiger partial charge is 0.481 e. The number of nitrogens with zero attached hydrogens (tertiary/aromatic N) is 10. The first-order chi connectivity index (χ1) is 29.9. The molecule has 2 fully saturated rings. The normalized spacial score (nSPS) is 18.1. The highest BCUT2D eigenvalue weighted by Crippen LogP contribution is 2.26. The molecular formula is C40H50N18O4. The van der Waals surface area contributed by atoms with Crippen LogP contribution in [0.5, 0.6) is 0 Å². The predicted molar refractivity (Wildman–Crippen MR) is 231 cm³/mol. The molecule has 0 spiro atoms. The van der Waals surface area contributed by atoms with Gasteiger partial charge in [-0.15, -0.1) is 0 Å². The Bertz CT molecular complexity index is 2250. The highest BCUT2D eigenvalue weighted by atomic mass is 16.4. The zero-order valence-corrected chi connectivity index (χ0v) is 34.0. The highest BCUT2D eigenvalue weighted by molar-refractivity contribution is 5.98. The first-order valence-corrected chi connectivity index (χ1v) is 20.0. The number of aliphatic carboxylic acids is 1. The van der Waals surface area contributed by atoms with Crippen LogP contribution in [-0.2, 0) is 4.79 Å². The first kappa shape index (κ1) is 44.0. The van der Waals surface area contributed by atoms with E-state index in [-0.39, 0.29) is 35.3 Å². The summed E-state index contributed by atoms with van der Waals surface area (Å²) in [7, 11) is 0. The predicted octanol–water partition coefficient (Wildman–Crippen LogP) is 3.25. The molecule has 2 saturated carbocycles. The van der Waals surface area contributed by atoms with Crippen LogP contribution in [0, 0.1) is 0 Å². The van der Waals surface area contributed by atoms with Crippen molar-refractivity contribution in [2.24, 2.45) is 22.9 Å². The lowest BCUT2D eigenvalue weighted by Crippen LogP contribution is -2.43. The quantitative estimate of drug-likeness (QED) is 0.0853. The molecule has 62 heavy (non-hydrogen) atoms. The van der Waals surface area contributed by atoms with E-state index < -0.39 is 17.8 Å². The summed E-state index contributed by atoms with van der Waals surface area (Å²) in [6.07, 6.45) is 17.6. The van der Waals surface area contributed by atoms with E-state index in [1.54, 1.807) is 24.8 Å². The fraction of sp³-hybridized carbons (Fsp3) is 0.325. The van der Waals surface area contributed by atoms with Crippen molar-refractivity contribution in [3.63, 3.8) is 0 Å². The van der Waals surface area contributed by atoms with Crippen LogP contribution >= 0.6 is 0 Å². The third kappa shape index (κ3) is 12.2. The van der Waals surface area contributed by atoms with E-state index in [0.29, 0.717) is 34.9 Å². The average Bonchev–Trinajstić information content (AvgIpc) is 4.00. The molecule has 22 nitrogen and oxygen atoms in total. The summed E-state index contributed by atoms with van der Waals surface area (Å²) in [6, 6.07) is 15.2. The van der Waals surface area contributed by atoms with E-state index in [4.69, 9.17) is 32.8 Å². The smallest absolute Gasteiger partial charge is 0.300 e. The standard InChI is InChI=1S/2C19H23N9O.C2H4O2/c2*20-15-6-1-2-7-16(15)26-19-22-11-14(17(21)29)18(27-19)25-12-4-3-5-13(10-12)28-23-8-9-24-28;1-2(3)4/h2*3-5,8-11,15-16H,1-2,6-7,20H2,(H2,21,29)(H2,22,25,26,27);1H3,(H,3,4)/t2*15-,16+;/m00./s1. The SMILES string of the molecule is CC(=O)O.NC(=O)c1cnc(N[C@@H]2CCCC[C@@H]2N)nc1Nc1cccc(-n2nccn2)c1.NC(=O)c1cnc(N[C@@H]2CCCC[C@@H]2N)nc1Nc1cccc(-n2nccn2)c1. The Morgan fingerprint density at radius 3 is 1.35 bits per heavy atom. The van der Waals surface area contributed by atoms with Gasteiger partial charge in [-0.05, 0) is 62.1 Å². The number of aromatic nitrogens is 10. The number of hydrogen-bond donors (Lipinski definition) is 9. The summed E-state index contributed by atoms with van der Waals surface area (Å²) in [5.74, 6) is -0.596. The Morgan fingerprint density at radius 2 is 1.00 bits per heavy atom. The molecule has 4 heterocycles. The fourth-order valence-corrected chi connectivity index (χ4v) is 6.85. The number of nitrogens with two attached hydrogens (primary N) is 4. The lowest BCUT2D eigenvalue weighted by molar-refractivity contribution is -0.134. The second-order valence-electron chi connectivity index (χ2n) is 14.5. The van der Waals surface area contributed by atoms with Crippen molar-refractivity contribution in [1.29, 1.82) is 0 Å². The second kappa shape index (κ2) is 21.1. The summed E-state index contributed by atoms with van der Waals surface area (Å²) >= 11 is 0. The van der Waals surface area contributed by atoms with Crippen LogP contribution < -0.4 is 44.2 Å². The molecular weight excluding hydrogens is 797 g/mol. The van der Waals surface area contributed by atoms with Gasteiger partial charge in [-0.25, -0.2) is 9.97 Å². The van der Waals surface area contributed by atoms with Gasteiger partial charge in [0.1, 0.15) is 22.8 Å². The van der Waals surface area contributed by atoms with Gasteiger partial charge in [0, 0.05) is 54.9 Å². The van der Waals surface area contributed by atoms with Crippen molar-refractivity contribution >= 4 is 52.7 Å². The van der Waals surface area contributed by atoms with Crippen LogP contribution in [0.4, 0.5) is 34.9 Å². The second-order valence-corrected chi connectivity index (χ2v) is 14.5. The molecule has 2 aliphatic carbocycles. The molecule has 8 rings (SSSR count). The molecule has 2 aromatic carbocycles. The summed E-state index contributed by atoms with van der Waals surface area (Å²) in [5, 5.41) is 36.8. The number of hydrogen-bond acceptors (Lipinski definition) is 17. The van der Waals surface area contributed by atoms with Gasteiger partial charge in [0.2, 0.25) is 11.9 Å². The van der Waals surface area contributed by atoms with Gasteiger partial charge in [0.15, 0.2) is 0 Å². The van der Waals surface area contributed by atoms with Gasteiger partial charge >= 0.3 is 0 Å². The Kier molecular flexibility index (Phi) is 15.0. The molecule has 6 aromatic rings. The van der Waals surface area contributed by atoms with Crippen molar-refractivity contribution < 1.29 is 19.5 Å². The zero-order valence-electron chi connectivity index (χ0n) is 34.0. The number of benzene rings is 2. The summed E-state index contributed by atoms with van der Waals surface area (Å²) in [4.78, 5) is 53.2. The maximum Gasteiger partial charge on any atom is 0.300 e. The number of carboxylic acids is 1. The van der Waals surface area contributed by atoms with Gasteiger partial charge in [0.05, 0.1) is 36.2 Å². The van der Waals surface area contributed by atoms with Crippen LogP contribution in [0.3, 0.4) is 0 Å². The Morgan fingerprint density at radius 1 is 0.629 bits per heavy atom. The molecule has 4 atom stereocenters. The van der Waals surface area contributed by atoms with Crippen LogP contribution in [0.25, 0.3) is 11.4 Å². The van der Waals surface area contributed by atoms with Crippen molar-refractivity contribution in [3.05, 3.63) is 96.8 Å². The van der Waals surface area contributed by atoms with E-state index in [1.807, 2.05) is 48.5 Å². The number of rotatable bonds is 12. The van der Waals surface area contributed by atoms with Crippen LogP contribution in [0.15, 0.2) is 85.7 Å². The molecule has 2 aliphatic rings. The zero-order chi connectivity index (χ0) is 44.0. The van der Waals surface area contributed by atoms with Gasteiger partial charge in [-0.3, -0.25) is 14.4 Å². The van der Waals surface area contributed by atoms with Crippen molar-refractivity contribution in [2.45, 2.75) is 82.5 Å². The molecule has 0 radical (unpaired) electrons. The van der Waals surface area contributed by atoms with Crippen molar-refractivity contribution in [1.82, 2.24) is 49.9 Å². The molecule has 2 amide bonds. The Balaban J connectivity index is 0.000000191. The maximum atomic E-state index is 11.9. The number of anilines is 6. The number of carbonyl (C=O) groups excluding carboxylic acids is 2. The minimum Gasteiger partial charge on any atom is -0.481 e. The van der Waals surface area contributed by atoms with Gasteiger partial charge < -0.3 is 49.3 Å². The molecule has 0 unspecified atom stereocenters. The molecule has 4 aromatic heterocycles. The van der Waals surface area contributed by atoms with E-state index in [0.717, 1.165) is 69.7 Å². The van der Waals surface area contributed by atoms with Gasteiger partial charge in [0.25, 0.3) is 17.8 Å². The van der Waals surface area contributed by atoms with Gasteiger partial charge in [-0.2, -0.15) is 40.0 Å². The molecule has 324 valence electrons. The number of primary amides is 2. The summed E-state index contributed by atoms with van der Waals surface area (Å²) in [6.45, 7) is 1.08. The fourth-order valence-electron chi connectivity index (χ4n) is 6.85. The summed E-state index contributed by atoms with van der Waals surface area (Å²) < 4.78 is 0. The lowest BCUT2D eigenvalue weighted by Gasteiger charge is -2.29. The number of carboxylic acid groups (broad SMARTS) is 1. The van der Waals surface area contributed by atoms with Crippen LogP contribution in [0.1, 0.15) is 79.0 Å². The van der Waals surface area contributed by atoms with E-state index in [2.05, 4.69) is 61.6 Å². The minimum atomic E-state index is -0.833. The van der Waals surface area contributed by atoms with Gasteiger partial charge in [-0.1, -0.05) is 37.8 Å². The van der Waals surface area contributed by atoms with Crippen LogP contribution in [0.2, 0.25) is 0 Å². The topological polar surface area (TPSA) is 337 Å². The monoisotopic (exact) mass is 846 g/mol. The number of amides is 2. The maximum absolute atomic E-state index is 11.9. The van der Waals surface area contributed by atoms with E-state index in [9.17, 15) is 9.59 Å². The minimum absolute atomic E-state index is 0.0535. The molecule has 0 bridgehead atoms. The molecule has 0 aliphatic heterocycles. The number of nitrogens with one attached hydrogen (secondary N) is 4. The lowest BCUT2D eigenvalue weighted by atomic mass is 9.91. The van der Waals surface area contributed by atoms with Crippen molar-refractivity contribution in [2.75, 3.05) is 21.3 Å². The average molecular weight is 847 g/mol. The third-order valence-electron chi connectivity index (χ3n) is 9.89. The van der Waals surface area contributed by atoms with E-state index in [1.165, 1.54) is 22.0 Å². The molecule has 22 heteroatoms. The summed E-state index contributed by atoms with van der Waals surface area (Å²) in [5.41, 5.74) is 26.8. The Labute approximate surface area is 356 Å². The molecule has 0 saturated heterocycles. The number of carbonyl (C=O) groups is 3. The highest BCUT2D eigenvalue weighted by Gasteiger charge is 2.24. The van der Waals surface area contributed by atoms with Crippen LogP contribution in [-0.4, -0.2) is 97.0 Å². The third-order valence-corrected chi connectivity index (χ3v) is 9.89. The first-order valence-electron chi connectivity index (χ1n) is 20.0. The van der Waals surface area contributed by atoms with Crippen molar-refractivity contribution in [3.8, 4) is 11.4 Å².